The summed E-state index contributed by atoms with van der Waals surface area (Å²) >= 11 is 0. The molecule has 5 nitrogen and oxygen atoms in total. The number of benzene rings is 4. The largest absolute Gasteiger partial charge is 0.508 e. The molecule has 0 aliphatic carbocycles. The van der Waals surface area contributed by atoms with Crippen LogP contribution in [0.5, 0.6) is 5.75 Å². The van der Waals surface area contributed by atoms with Gasteiger partial charge in [-0.15, -0.1) is 0 Å². The summed E-state index contributed by atoms with van der Waals surface area (Å²) in [4.78, 5) is 12.5. The minimum Gasteiger partial charge on any atom is -0.508 e. The fraction of sp³-hybridized carbons (Fsp3) is 0. The number of amides is 1. The van der Waals surface area contributed by atoms with Crippen LogP contribution in [0.1, 0.15) is 15.9 Å². The molecule has 0 atom stereocenters. The molecule has 0 unspecified atom stereocenters. The molecule has 1 heterocycles. The molecule has 1 aromatic heterocycles. The van der Waals surface area contributed by atoms with Crippen molar-refractivity contribution in [1.82, 2.24) is 9.99 Å². The number of nitrogens with one attached hydrogen (secondary N) is 1. The van der Waals surface area contributed by atoms with Crippen molar-refractivity contribution in [2.75, 3.05) is 0 Å². The SMILES string of the molecule is O=C(N/N=C\c1cc(-c2ccccc2)n(-c2ccccc2)c1-c1ccccc1)c1ccc(O)cc1. The summed E-state index contributed by atoms with van der Waals surface area (Å²) in [5.74, 6) is -0.249. The average Bonchev–Trinajstić information content (AvgIpc) is 3.30. The number of hydrazone groups is 1. The number of carbonyl (C=O) groups is 1. The number of carbonyl (C=O) groups excluding carboxylic acids is 1. The monoisotopic (exact) mass is 457 g/mol. The maximum Gasteiger partial charge on any atom is 0.271 e. The second-order valence-corrected chi connectivity index (χ2v) is 7.98. The molecular weight excluding hydrogens is 434 g/mol. The molecule has 5 rings (SSSR count). The number of hydrogen-bond donors (Lipinski definition) is 2. The zero-order chi connectivity index (χ0) is 24.0. The van der Waals surface area contributed by atoms with Crippen LogP contribution in [0, 0.1) is 0 Å². The number of rotatable bonds is 6. The first-order valence-corrected chi connectivity index (χ1v) is 11.2. The summed E-state index contributed by atoms with van der Waals surface area (Å²) in [6, 6.07) is 38.6. The Labute approximate surface area is 203 Å². The zero-order valence-electron chi connectivity index (χ0n) is 18.9. The fourth-order valence-electron chi connectivity index (χ4n) is 4.02. The van der Waals surface area contributed by atoms with Gasteiger partial charge in [0.1, 0.15) is 5.75 Å². The molecule has 0 spiro atoms. The Hall–Kier alpha value is -4.90. The van der Waals surface area contributed by atoms with E-state index in [9.17, 15) is 9.90 Å². The standard InChI is InChI=1S/C30H23N3O2/c34-27-18-16-24(17-19-27)30(35)32-31-21-25-20-28(22-10-4-1-5-11-22)33(26-14-8-3-9-15-26)29(25)23-12-6-2-7-13-23/h1-21,34H,(H,32,35)/b31-21-. The predicted octanol–water partition coefficient (Wildman–Crippen LogP) is 6.28. The number of aromatic hydroxyl groups is 1. The van der Waals surface area contributed by atoms with E-state index in [0.717, 1.165) is 33.8 Å². The lowest BCUT2D eigenvalue weighted by atomic mass is 10.1. The van der Waals surface area contributed by atoms with Gasteiger partial charge in [0.15, 0.2) is 0 Å². The van der Waals surface area contributed by atoms with Crippen molar-refractivity contribution in [1.29, 1.82) is 0 Å². The Bertz CT molecular complexity index is 1460. The van der Waals surface area contributed by atoms with Gasteiger partial charge in [-0.3, -0.25) is 4.79 Å². The maximum atomic E-state index is 12.5. The van der Waals surface area contributed by atoms with Crippen molar-refractivity contribution in [3.63, 3.8) is 0 Å². The second-order valence-electron chi connectivity index (χ2n) is 7.98. The van der Waals surface area contributed by atoms with E-state index in [2.05, 4.69) is 57.6 Å². The topological polar surface area (TPSA) is 66.6 Å². The molecule has 0 aliphatic heterocycles. The van der Waals surface area contributed by atoms with Gasteiger partial charge in [-0.2, -0.15) is 5.10 Å². The molecule has 0 radical (unpaired) electrons. The predicted molar refractivity (Wildman–Crippen MR) is 140 cm³/mol. The first-order valence-electron chi connectivity index (χ1n) is 11.2. The molecule has 0 fully saturated rings. The molecule has 0 saturated carbocycles. The fourth-order valence-corrected chi connectivity index (χ4v) is 4.02. The van der Waals surface area contributed by atoms with Gasteiger partial charge in [-0.05, 0) is 53.6 Å². The number of phenolic OH excluding ortho intramolecular Hbond substituents is 1. The highest BCUT2D eigenvalue weighted by molar-refractivity contribution is 5.97. The molecule has 0 bridgehead atoms. The molecular formula is C30H23N3O2. The molecule has 35 heavy (non-hydrogen) atoms. The normalized spacial score (nSPS) is 11.0. The summed E-state index contributed by atoms with van der Waals surface area (Å²) in [6.07, 6.45) is 1.67. The number of nitrogens with zero attached hydrogens (tertiary/aromatic N) is 2. The van der Waals surface area contributed by atoms with Crippen LogP contribution in [0.15, 0.2) is 126 Å². The van der Waals surface area contributed by atoms with Gasteiger partial charge in [0.2, 0.25) is 0 Å². The number of para-hydroxylation sites is 1. The van der Waals surface area contributed by atoms with Crippen molar-refractivity contribution < 1.29 is 9.90 Å². The van der Waals surface area contributed by atoms with Crippen molar-refractivity contribution in [2.24, 2.45) is 5.10 Å². The average molecular weight is 458 g/mol. The van der Waals surface area contributed by atoms with E-state index in [1.807, 2.05) is 54.6 Å². The Morgan fingerprint density at radius 3 is 1.94 bits per heavy atom. The third kappa shape index (κ3) is 4.75. The van der Waals surface area contributed by atoms with Crippen LogP contribution in [0.4, 0.5) is 0 Å². The minimum absolute atomic E-state index is 0.105. The lowest BCUT2D eigenvalue weighted by molar-refractivity contribution is 0.0955. The molecule has 2 N–H and O–H groups in total. The maximum absolute atomic E-state index is 12.5. The van der Waals surface area contributed by atoms with Crippen LogP contribution in [0.3, 0.4) is 0 Å². The van der Waals surface area contributed by atoms with E-state index in [4.69, 9.17) is 0 Å². The van der Waals surface area contributed by atoms with Crippen molar-refractivity contribution >= 4 is 12.1 Å². The van der Waals surface area contributed by atoms with Crippen molar-refractivity contribution in [3.05, 3.63) is 132 Å². The first-order chi connectivity index (χ1) is 17.2. The summed E-state index contributed by atoms with van der Waals surface area (Å²) < 4.78 is 2.22. The van der Waals surface area contributed by atoms with Gasteiger partial charge < -0.3 is 9.67 Å². The van der Waals surface area contributed by atoms with Crippen LogP contribution in [0.25, 0.3) is 28.2 Å². The molecule has 4 aromatic carbocycles. The Balaban J connectivity index is 1.61. The van der Waals surface area contributed by atoms with Crippen LogP contribution >= 0.6 is 0 Å². The number of aromatic nitrogens is 1. The Morgan fingerprint density at radius 1 is 0.743 bits per heavy atom. The highest BCUT2D eigenvalue weighted by atomic mass is 16.3. The van der Waals surface area contributed by atoms with Gasteiger partial charge in [0, 0.05) is 16.8 Å². The number of hydrogen-bond acceptors (Lipinski definition) is 3. The van der Waals surface area contributed by atoms with Crippen molar-refractivity contribution in [3.8, 4) is 34.0 Å². The van der Waals surface area contributed by atoms with Gasteiger partial charge in [0.25, 0.3) is 5.91 Å². The lowest BCUT2D eigenvalue weighted by Gasteiger charge is -2.15. The van der Waals surface area contributed by atoms with Crippen LogP contribution in [-0.2, 0) is 0 Å². The number of phenols is 1. The summed E-state index contributed by atoms with van der Waals surface area (Å²) in [5, 5.41) is 13.7. The third-order valence-electron chi connectivity index (χ3n) is 5.66. The van der Waals surface area contributed by atoms with Gasteiger partial charge in [0.05, 0.1) is 17.6 Å². The quantitative estimate of drug-likeness (QED) is 0.233. The van der Waals surface area contributed by atoms with Crippen LogP contribution < -0.4 is 5.43 Å². The summed E-state index contributed by atoms with van der Waals surface area (Å²) in [7, 11) is 0. The Kier molecular flexibility index (Phi) is 6.22. The molecule has 1 amide bonds. The minimum atomic E-state index is -0.353. The van der Waals surface area contributed by atoms with E-state index in [1.165, 1.54) is 12.1 Å². The first kappa shape index (κ1) is 21.9. The van der Waals surface area contributed by atoms with E-state index in [1.54, 1.807) is 18.3 Å². The molecule has 0 saturated heterocycles. The van der Waals surface area contributed by atoms with Gasteiger partial charge in [-0.1, -0.05) is 78.9 Å². The van der Waals surface area contributed by atoms with E-state index < -0.39 is 0 Å². The van der Waals surface area contributed by atoms with Gasteiger partial charge in [-0.25, -0.2) is 5.43 Å². The van der Waals surface area contributed by atoms with Crippen LogP contribution in [-0.4, -0.2) is 21.8 Å². The van der Waals surface area contributed by atoms with Crippen LogP contribution in [0.2, 0.25) is 0 Å². The second kappa shape index (κ2) is 9.93. The highest BCUT2D eigenvalue weighted by Crippen LogP contribution is 2.35. The summed E-state index contributed by atoms with van der Waals surface area (Å²) in [5.41, 5.74) is 8.99. The van der Waals surface area contributed by atoms with E-state index >= 15 is 0 Å². The van der Waals surface area contributed by atoms with E-state index in [0.29, 0.717) is 5.56 Å². The molecule has 5 aromatic rings. The van der Waals surface area contributed by atoms with Gasteiger partial charge >= 0.3 is 0 Å². The molecule has 170 valence electrons. The summed E-state index contributed by atoms with van der Waals surface area (Å²) in [6.45, 7) is 0. The van der Waals surface area contributed by atoms with E-state index in [-0.39, 0.29) is 11.7 Å². The lowest BCUT2D eigenvalue weighted by Crippen LogP contribution is -2.17. The van der Waals surface area contributed by atoms with Crippen molar-refractivity contribution in [2.45, 2.75) is 0 Å². The Morgan fingerprint density at radius 2 is 1.31 bits per heavy atom. The zero-order valence-corrected chi connectivity index (χ0v) is 18.9. The molecule has 0 aliphatic rings. The third-order valence-corrected chi connectivity index (χ3v) is 5.66. The molecule has 5 heteroatoms. The smallest absolute Gasteiger partial charge is 0.271 e. The highest BCUT2D eigenvalue weighted by Gasteiger charge is 2.18.